The van der Waals surface area contributed by atoms with E-state index >= 15 is 0 Å². The van der Waals surface area contributed by atoms with Crippen LogP contribution in [0.2, 0.25) is 0 Å². The molecular formula is C18H18N2O5S. The van der Waals surface area contributed by atoms with Crippen LogP contribution in [0.15, 0.2) is 41.3 Å². The lowest BCUT2D eigenvalue weighted by Crippen LogP contribution is -2.47. The van der Waals surface area contributed by atoms with Gasteiger partial charge in [0.15, 0.2) is 0 Å². The molecule has 4 rings (SSSR count). The van der Waals surface area contributed by atoms with E-state index in [1.807, 2.05) is 12.1 Å². The van der Waals surface area contributed by atoms with Gasteiger partial charge < -0.3 is 10.0 Å². The molecule has 0 bridgehead atoms. The zero-order chi connectivity index (χ0) is 18.5. The highest BCUT2D eigenvalue weighted by Crippen LogP contribution is 2.41. The monoisotopic (exact) mass is 374 g/mol. The molecule has 2 aromatic carbocycles. The number of hydrogen-bond acceptors (Lipinski definition) is 4. The van der Waals surface area contributed by atoms with E-state index in [2.05, 4.69) is 0 Å². The third-order valence-electron chi connectivity index (χ3n) is 5.08. The maximum Gasteiger partial charge on any atom is 0.308 e. The minimum atomic E-state index is -3.79. The molecule has 2 heterocycles. The molecule has 1 N–H and O–H groups in total. The molecule has 2 aliphatic rings. The van der Waals surface area contributed by atoms with Gasteiger partial charge in [-0.2, -0.15) is 0 Å². The first-order valence-electron chi connectivity index (χ1n) is 8.44. The summed E-state index contributed by atoms with van der Waals surface area (Å²) in [4.78, 5) is 25.6. The molecule has 2 aliphatic heterocycles. The Kier molecular flexibility index (Phi) is 3.87. The number of hydrogen-bond donors (Lipinski definition) is 1. The largest absolute Gasteiger partial charge is 0.481 e. The molecule has 0 saturated carbocycles. The van der Waals surface area contributed by atoms with Crippen LogP contribution in [0.5, 0.6) is 0 Å². The summed E-state index contributed by atoms with van der Waals surface area (Å²) in [6.45, 7) is 0.259. The van der Waals surface area contributed by atoms with Crippen molar-refractivity contribution in [3.63, 3.8) is 0 Å². The number of aliphatic carboxylic acids is 1. The molecule has 0 unspecified atom stereocenters. The van der Waals surface area contributed by atoms with Crippen molar-refractivity contribution in [2.75, 3.05) is 23.9 Å². The fourth-order valence-corrected chi connectivity index (χ4v) is 5.42. The van der Waals surface area contributed by atoms with Gasteiger partial charge in [-0.25, -0.2) is 8.42 Å². The number of carboxylic acids is 1. The smallest absolute Gasteiger partial charge is 0.308 e. The number of carboxylic acid groups (broad SMARTS) is 1. The number of piperidine rings is 1. The van der Waals surface area contributed by atoms with Gasteiger partial charge in [0.1, 0.15) is 6.54 Å². The highest BCUT2D eigenvalue weighted by molar-refractivity contribution is 7.93. The van der Waals surface area contributed by atoms with Gasteiger partial charge in [0.05, 0.1) is 16.5 Å². The summed E-state index contributed by atoms with van der Waals surface area (Å²) >= 11 is 0. The predicted octanol–water partition coefficient (Wildman–Crippen LogP) is 1.67. The van der Waals surface area contributed by atoms with Crippen LogP contribution in [-0.4, -0.2) is 49.9 Å². The lowest BCUT2D eigenvalue weighted by molar-refractivity contribution is -0.145. The Labute approximate surface area is 150 Å². The average Bonchev–Trinajstić information content (AvgIpc) is 2.85. The van der Waals surface area contributed by atoms with Gasteiger partial charge in [-0.15, -0.1) is 0 Å². The van der Waals surface area contributed by atoms with Gasteiger partial charge >= 0.3 is 5.97 Å². The van der Waals surface area contributed by atoms with Gasteiger partial charge in [0.25, 0.3) is 10.0 Å². The van der Waals surface area contributed by atoms with Crippen LogP contribution in [0.3, 0.4) is 0 Å². The van der Waals surface area contributed by atoms with Gasteiger partial charge in [-0.3, -0.25) is 13.9 Å². The minimum absolute atomic E-state index is 0.124. The zero-order valence-electron chi connectivity index (χ0n) is 14.0. The molecule has 0 aliphatic carbocycles. The molecule has 136 valence electrons. The van der Waals surface area contributed by atoms with E-state index in [0.717, 1.165) is 9.69 Å². The Morgan fingerprint density at radius 3 is 2.62 bits per heavy atom. The number of benzene rings is 2. The van der Waals surface area contributed by atoms with E-state index in [1.165, 1.54) is 4.90 Å². The second kappa shape index (κ2) is 5.98. The van der Waals surface area contributed by atoms with Crippen molar-refractivity contribution in [1.29, 1.82) is 0 Å². The highest BCUT2D eigenvalue weighted by Gasteiger charge is 2.38. The second-order valence-electron chi connectivity index (χ2n) is 6.66. The number of carbonyl (C=O) groups is 2. The SMILES string of the molecule is O=C(O)[C@H]1CCCN(C(=O)CN2c3cccc4cccc(c34)S2(=O)=O)C1. The highest BCUT2D eigenvalue weighted by atomic mass is 32.2. The Balaban J connectivity index is 1.64. The number of rotatable bonds is 3. The van der Waals surface area contributed by atoms with Crippen molar-refractivity contribution in [3.8, 4) is 0 Å². The van der Waals surface area contributed by atoms with E-state index in [-0.39, 0.29) is 23.9 Å². The molecule has 7 nitrogen and oxygen atoms in total. The van der Waals surface area contributed by atoms with Gasteiger partial charge in [-0.05, 0) is 30.4 Å². The summed E-state index contributed by atoms with van der Waals surface area (Å²) in [5.74, 6) is -1.89. The van der Waals surface area contributed by atoms with Crippen molar-refractivity contribution in [1.82, 2.24) is 4.90 Å². The molecule has 0 radical (unpaired) electrons. The molecule has 2 aromatic rings. The quantitative estimate of drug-likeness (QED) is 0.882. The number of nitrogens with zero attached hydrogens (tertiary/aromatic N) is 2. The third kappa shape index (κ3) is 2.52. The molecule has 1 saturated heterocycles. The van der Waals surface area contributed by atoms with E-state index in [9.17, 15) is 23.1 Å². The lowest BCUT2D eigenvalue weighted by atomic mass is 9.98. The topological polar surface area (TPSA) is 95.0 Å². The Morgan fingerprint density at radius 1 is 1.15 bits per heavy atom. The predicted molar refractivity (Wildman–Crippen MR) is 95.4 cm³/mol. The summed E-state index contributed by atoms with van der Waals surface area (Å²) in [6.07, 6.45) is 1.14. The molecule has 1 fully saturated rings. The van der Waals surface area contributed by atoms with Crippen LogP contribution in [0, 0.1) is 5.92 Å². The van der Waals surface area contributed by atoms with Crippen molar-refractivity contribution in [3.05, 3.63) is 36.4 Å². The summed E-state index contributed by atoms with van der Waals surface area (Å²) in [7, 11) is -3.79. The molecule has 8 heteroatoms. The molecule has 0 aromatic heterocycles. The van der Waals surface area contributed by atoms with Crippen LogP contribution in [0.25, 0.3) is 10.8 Å². The third-order valence-corrected chi connectivity index (χ3v) is 6.89. The summed E-state index contributed by atoms with van der Waals surface area (Å²) in [5, 5.41) is 10.6. The first kappa shape index (κ1) is 16.8. The van der Waals surface area contributed by atoms with Crippen LogP contribution >= 0.6 is 0 Å². The van der Waals surface area contributed by atoms with E-state index in [0.29, 0.717) is 30.5 Å². The molecule has 26 heavy (non-hydrogen) atoms. The van der Waals surface area contributed by atoms with Crippen molar-refractivity contribution in [2.45, 2.75) is 17.7 Å². The van der Waals surface area contributed by atoms with Crippen LogP contribution in [-0.2, 0) is 19.6 Å². The Morgan fingerprint density at radius 2 is 1.88 bits per heavy atom. The fraction of sp³-hybridized carbons (Fsp3) is 0.333. The summed E-state index contributed by atoms with van der Waals surface area (Å²) < 4.78 is 27.0. The maximum absolute atomic E-state index is 12.9. The maximum atomic E-state index is 12.9. The van der Waals surface area contributed by atoms with Crippen molar-refractivity contribution < 1.29 is 23.1 Å². The van der Waals surface area contributed by atoms with Crippen molar-refractivity contribution >= 4 is 38.4 Å². The van der Waals surface area contributed by atoms with Crippen molar-refractivity contribution in [2.24, 2.45) is 5.92 Å². The average molecular weight is 374 g/mol. The zero-order valence-corrected chi connectivity index (χ0v) is 14.8. The van der Waals surface area contributed by atoms with Crippen LogP contribution in [0.4, 0.5) is 5.69 Å². The van der Waals surface area contributed by atoms with E-state index < -0.39 is 21.9 Å². The Hall–Kier alpha value is -2.61. The summed E-state index contributed by atoms with van der Waals surface area (Å²) in [5.41, 5.74) is 0.498. The first-order chi connectivity index (χ1) is 12.4. The molecule has 0 spiro atoms. The summed E-state index contributed by atoms with van der Waals surface area (Å²) in [6, 6.07) is 10.4. The molecular weight excluding hydrogens is 356 g/mol. The van der Waals surface area contributed by atoms with Gasteiger partial charge in [0.2, 0.25) is 5.91 Å². The second-order valence-corrected chi connectivity index (χ2v) is 8.49. The normalized spacial score (nSPS) is 21.2. The van der Waals surface area contributed by atoms with Gasteiger partial charge in [0, 0.05) is 18.5 Å². The molecule has 1 atom stereocenters. The van der Waals surface area contributed by atoms with Gasteiger partial charge in [-0.1, -0.05) is 24.3 Å². The lowest BCUT2D eigenvalue weighted by Gasteiger charge is -2.32. The Bertz CT molecular complexity index is 1010. The number of anilines is 1. The minimum Gasteiger partial charge on any atom is -0.481 e. The number of carbonyl (C=O) groups excluding carboxylic acids is 1. The number of sulfonamides is 1. The first-order valence-corrected chi connectivity index (χ1v) is 9.88. The van der Waals surface area contributed by atoms with Crippen LogP contribution in [0.1, 0.15) is 12.8 Å². The number of amides is 1. The number of likely N-dealkylation sites (tertiary alicyclic amines) is 1. The fourth-order valence-electron chi connectivity index (χ4n) is 3.76. The molecule has 1 amide bonds. The van der Waals surface area contributed by atoms with Crippen LogP contribution < -0.4 is 4.31 Å². The van der Waals surface area contributed by atoms with E-state index in [1.54, 1.807) is 24.3 Å². The standard InChI is InChI=1S/C18H18N2O5S/c21-16(19-9-3-6-13(10-19)18(22)23)11-20-14-7-1-4-12-5-2-8-15(17(12)14)26(20,24)25/h1-2,4-5,7-8,13H,3,6,9-11H2,(H,22,23)/t13-/m0/s1. The van der Waals surface area contributed by atoms with E-state index in [4.69, 9.17) is 0 Å².